The first-order chi connectivity index (χ1) is 12.2. The molecular weight excluding hydrogens is 316 g/mol. The van der Waals surface area contributed by atoms with Gasteiger partial charge in [0, 0.05) is 13.0 Å². The SMILES string of the molecule is CCCCCCCCCCCCC(=O)/C=C/CCCOC[C@@H](O)CO. The van der Waals surface area contributed by atoms with Crippen molar-refractivity contribution >= 4 is 5.78 Å². The number of hydrogen-bond acceptors (Lipinski definition) is 4. The maximum atomic E-state index is 11.7. The van der Waals surface area contributed by atoms with E-state index < -0.39 is 6.10 Å². The number of ether oxygens (including phenoxy) is 1. The third-order valence-corrected chi connectivity index (χ3v) is 4.26. The molecule has 0 bridgehead atoms. The Morgan fingerprint density at radius 1 is 0.960 bits per heavy atom. The van der Waals surface area contributed by atoms with Crippen LogP contribution in [0.3, 0.4) is 0 Å². The highest BCUT2D eigenvalue weighted by Crippen LogP contribution is 2.11. The molecule has 0 aromatic rings. The fraction of sp³-hybridized carbons (Fsp3) is 0.857. The zero-order valence-electron chi connectivity index (χ0n) is 16.3. The monoisotopic (exact) mass is 356 g/mol. The third-order valence-electron chi connectivity index (χ3n) is 4.26. The van der Waals surface area contributed by atoms with E-state index in [1.807, 2.05) is 6.08 Å². The molecule has 0 aliphatic carbocycles. The Kier molecular flexibility index (Phi) is 19.1. The molecule has 0 aromatic carbocycles. The van der Waals surface area contributed by atoms with Crippen LogP contribution >= 0.6 is 0 Å². The highest BCUT2D eigenvalue weighted by molar-refractivity contribution is 5.89. The van der Waals surface area contributed by atoms with Crippen LogP contribution in [0.25, 0.3) is 0 Å². The number of rotatable bonds is 19. The van der Waals surface area contributed by atoms with E-state index in [1.165, 1.54) is 51.4 Å². The van der Waals surface area contributed by atoms with Crippen molar-refractivity contribution in [1.29, 1.82) is 0 Å². The van der Waals surface area contributed by atoms with Crippen molar-refractivity contribution in [1.82, 2.24) is 0 Å². The Morgan fingerprint density at radius 3 is 2.16 bits per heavy atom. The lowest BCUT2D eigenvalue weighted by Crippen LogP contribution is -2.19. The van der Waals surface area contributed by atoms with Crippen LogP contribution in [0.4, 0.5) is 0 Å². The van der Waals surface area contributed by atoms with E-state index in [0.29, 0.717) is 13.0 Å². The number of hydrogen-bond donors (Lipinski definition) is 2. The largest absolute Gasteiger partial charge is 0.394 e. The first-order valence-corrected chi connectivity index (χ1v) is 10.3. The molecule has 0 amide bonds. The molecule has 0 rings (SSSR count). The van der Waals surface area contributed by atoms with Crippen molar-refractivity contribution in [3.63, 3.8) is 0 Å². The van der Waals surface area contributed by atoms with Gasteiger partial charge in [-0.3, -0.25) is 4.79 Å². The van der Waals surface area contributed by atoms with Gasteiger partial charge in [0.25, 0.3) is 0 Å². The topological polar surface area (TPSA) is 66.8 Å². The average Bonchev–Trinajstić information content (AvgIpc) is 2.62. The van der Waals surface area contributed by atoms with E-state index in [-0.39, 0.29) is 19.0 Å². The summed E-state index contributed by atoms with van der Waals surface area (Å²) in [6, 6.07) is 0. The number of carbonyl (C=O) groups is 1. The highest BCUT2D eigenvalue weighted by atomic mass is 16.5. The van der Waals surface area contributed by atoms with Crippen molar-refractivity contribution in [3.05, 3.63) is 12.2 Å². The lowest BCUT2D eigenvalue weighted by atomic mass is 10.0. The maximum Gasteiger partial charge on any atom is 0.155 e. The van der Waals surface area contributed by atoms with Gasteiger partial charge in [-0.15, -0.1) is 0 Å². The molecule has 0 saturated carbocycles. The van der Waals surface area contributed by atoms with Gasteiger partial charge in [0.05, 0.1) is 13.2 Å². The summed E-state index contributed by atoms with van der Waals surface area (Å²) in [4.78, 5) is 11.7. The standard InChI is InChI=1S/C21H40O4/c1-2-3-4-5-6-7-8-9-10-12-15-20(23)16-13-11-14-17-25-19-21(24)18-22/h13,16,21-22,24H,2-12,14-15,17-19H2,1H3/b16-13+/t21-/m0/s1. The molecule has 0 aliphatic rings. The Hall–Kier alpha value is -0.710. The van der Waals surface area contributed by atoms with Gasteiger partial charge in [-0.2, -0.15) is 0 Å². The van der Waals surface area contributed by atoms with E-state index in [4.69, 9.17) is 14.9 Å². The quantitative estimate of drug-likeness (QED) is 0.263. The molecule has 0 spiro atoms. The van der Waals surface area contributed by atoms with Gasteiger partial charge in [0.15, 0.2) is 5.78 Å². The van der Waals surface area contributed by atoms with Crippen LogP contribution in [-0.2, 0) is 9.53 Å². The molecule has 0 saturated heterocycles. The van der Waals surface area contributed by atoms with Gasteiger partial charge in [-0.1, -0.05) is 70.8 Å². The zero-order chi connectivity index (χ0) is 18.6. The molecule has 25 heavy (non-hydrogen) atoms. The summed E-state index contributed by atoms with van der Waals surface area (Å²) in [6.07, 6.45) is 18.0. The lowest BCUT2D eigenvalue weighted by Gasteiger charge is -2.06. The number of allylic oxidation sites excluding steroid dienone is 2. The van der Waals surface area contributed by atoms with Crippen LogP contribution in [0.2, 0.25) is 0 Å². The molecule has 1 atom stereocenters. The van der Waals surface area contributed by atoms with Crippen molar-refractivity contribution in [3.8, 4) is 0 Å². The van der Waals surface area contributed by atoms with Crippen molar-refractivity contribution in [2.75, 3.05) is 19.8 Å². The summed E-state index contributed by atoms with van der Waals surface area (Å²) < 4.78 is 5.20. The van der Waals surface area contributed by atoms with Crippen LogP contribution in [0, 0.1) is 0 Å². The Bertz CT molecular complexity index is 315. The minimum Gasteiger partial charge on any atom is -0.394 e. The Balaban J connectivity index is 3.29. The van der Waals surface area contributed by atoms with E-state index in [9.17, 15) is 4.79 Å². The van der Waals surface area contributed by atoms with E-state index >= 15 is 0 Å². The Morgan fingerprint density at radius 2 is 1.56 bits per heavy atom. The van der Waals surface area contributed by atoms with E-state index in [1.54, 1.807) is 6.08 Å². The van der Waals surface area contributed by atoms with Crippen molar-refractivity contribution in [2.45, 2.75) is 96.5 Å². The first-order valence-electron chi connectivity index (χ1n) is 10.3. The number of carbonyl (C=O) groups excluding carboxylic acids is 1. The van der Waals surface area contributed by atoms with Crippen LogP contribution in [0.1, 0.15) is 90.4 Å². The number of ketones is 1. The molecule has 0 unspecified atom stereocenters. The average molecular weight is 357 g/mol. The molecule has 0 aliphatic heterocycles. The van der Waals surface area contributed by atoms with Gasteiger partial charge < -0.3 is 14.9 Å². The molecule has 0 fully saturated rings. The lowest BCUT2D eigenvalue weighted by molar-refractivity contribution is -0.114. The number of aliphatic hydroxyl groups excluding tert-OH is 2. The highest BCUT2D eigenvalue weighted by Gasteiger charge is 2.00. The summed E-state index contributed by atoms with van der Waals surface area (Å²) in [5, 5.41) is 17.7. The summed E-state index contributed by atoms with van der Waals surface area (Å²) in [7, 11) is 0. The molecule has 0 aromatic heterocycles. The van der Waals surface area contributed by atoms with Crippen LogP contribution in [-0.4, -0.2) is 41.9 Å². The molecular formula is C21H40O4. The van der Waals surface area contributed by atoms with Gasteiger partial charge in [-0.05, 0) is 25.3 Å². The summed E-state index contributed by atoms with van der Waals surface area (Å²) in [6.45, 7) is 2.68. The smallest absolute Gasteiger partial charge is 0.155 e. The summed E-state index contributed by atoms with van der Waals surface area (Å²) in [5.74, 6) is 0.219. The predicted octanol–water partition coefficient (Wildman–Crippen LogP) is 4.57. The maximum absolute atomic E-state index is 11.7. The van der Waals surface area contributed by atoms with Crippen molar-refractivity contribution < 1.29 is 19.7 Å². The summed E-state index contributed by atoms with van der Waals surface area (Å²) in [5.41, 5.74) is 0. The Labute approximate surface area is 154 Å². The molecule has 4 heteroatoms. The molecule has 0 radical (unpaired) electrons. The van der Waals surface area contributed by atoms with Crippen LogP contribution in [0.15, 0.2) is 12.2 Å². The first kappa shape index (κ1) is 24.3. The molecule has 148 valence electrons. The minimum atomic E-state index is -0.793. The third kappa shape index (κ3) is 19.5. The second-order valence-corrected chi connectivity index (χ2v) is 6.85. The zero-order valence-corrected chi connectivity index (χ0v) is 16.3. The minimum absolute atomic E-state index is 0.165. The van der Waals surface area contributed by atoms with Crippen molar-refractivity contribution in [2.24, 2.45) is 0 Å². The van der Waals surface area contributed by atoms with Crippen LogP contribution < -0.4 is 0 Å². The van der Waals surface area contributed by atoms with Gasteiger partial charge in [0.2, 0.25) is 0 Å². The van der Waals surface area contributed by atoms with E-state index in [2.05, 4.69) is 6.92 Å². The number of unbranched alkanes of at least 4 members (excludes halogenated alkanes) is 10. The van der Waals surface area contributed by atoms with E-state index in [0.717, 1.165) is 25.7 Å². The second-order valence-electron chi connectivity index (χ2n) is 6.85. The second kappa shape index (κ2) is 19.6. The van der Waals surface area contributed by atoms with Crippen LogP contribution in [0.5, 0.6) is 0 Å². The summed E-state index contributed by atoms with van der Waals surface area (Å²) >= 11 is 0. The fourth-order valence-electron chi connectivity index (χ4n) is 2.66. The molecule has 4 nitrogen and oxygen atoms in total. The predicted molar refractivity (Wildman–Crippen MR) is 104 cm³/mol. The number of aliphatic hydroxyl groups is 2. The van der Waals surface area contributed by atoms with Gasteiger partial charge in [-0.25, -0.2) is 0 Å². The van der Waals surface area contributed by atoms with Gasteiger partial charge >= 0.3 is 0 Å². The molecule has 2 N–H and O–H groups in total. The molecule has 0 heterocycles. The normalized spacial score (nSPS) is 12.8. The fourth-order valence-corrected chi connectivity index (χ4v) is 2.66. The van der Waals surface area contributed by atoms with Gasteiger partial charge in [0.1, 0.15) is 6.10 Å².